The lowest BCUT2D eigenvalue weighted by Gasteiger charge is -2.30. The van der Waals surface area contributed by atoms with Gasteiger partial charge in [0.25, 0.3) is 0 Å². The van der Waals surface area contributed by atoms with Crippen LogP contribution in [0.3, 0.4) is 0 Å². The maximum atomic E-state index is 14.2. The zero-order chi connectivity index (χ0) is 26.3. The number of aromatic amines is 1. The Labute approximate surface area is 222 Å². The van der Waals surface area contributed by atoms with Crippen molar-refractivity contribution in [2.24, 2.45) is 0 Å². The van der Waals surface area contributed by atoms with Gasteiger partial charge < -0.3 is 14.3 Å². The highest BCUT2D eigenvalue weighted by atomic mass is 32.2. The number of hydrogen-bond acceptors (Lipinski definition) is 6. The fraction of sp³-hybridized carbons (Fsp3) is 0.143. The van der Waals surface area contributed by atoms with Gasteiger partial charge in [-0.15, -0.1) is 11.3 Å². The molecule has 1 unspecified atom stereocenters. The first-order chi connectivity index (χ1) is 18.4. The van der Waals surface area contributed by atoms with Gasteiger partial charge in [-0.2, -0.15) is 4.31 Å². The molecule has 8 nitrogen and oxygen atoms in total. The molecule has 1 atom stereocenters. The minimum atomic E-state index is -4.09. The molecule has 5 aromatic rings. The van der Waals surface area contributed by atoms with Gasteiger partial charge in [0.05, 0.1) is 24.2 Å². The van der Waals surface area contributed by atoms with E-state index in [0.29, 0.717) is 28.8 Å². The summed E-state index contributed by atoms with van der Waals surface area (Å²) in [5, 5.41) is 2.53. The highest BCUT2D eigenvalue weighted by Gasteiger charge is 2.44. The van der Waals surface area contributed by atoms with Gasteiger partial charge in [-0.3, -0.25) is 9.59 Å². The monoisotopic (exact) mass is 545 g/mol. The zero-order valence-electron chi connectivity index (χ0n) is 20.1. The van der Waals surface area contributed by atoms with E-state index < -0.39 is 16.1 Å². The molecule has 192 valence electrons. The molecule has 0 radical (unpaired) electrons. The largest absolute Gasteiger partial charge is 0.467 e. The van der Waals surface area contributed by atoms with E-state index in [1.165, 1.54) is 33.8 Å². The number of carbonyl (C=O) groups excluding carboxylic acids is 1. The number of nitrogens with zero attached hydrogens (tertiary/aromatic N) is 2. The van der Waals surface area contributed by atoms with E-state index in [2.05, 4.69) is 4.98 Å². The van der Waals surface area contributed by atoms with E-state index in [1.807, 2.05) is 41.8 Å². The summed E-state index contributed by atoms with van der Waals surface area (Å²) in [5.74, 6) is 0.285. The molecule has 2 aromatic carbocycles. The Morgan fingerprint density at radius 3 is 2.68 bits per heavy atom. The Hall–Kier alpha value is -3.99. The van der Waals surface area contributed by atoms with Crippen molar-refractivity contribution in [3.05, 3.63) is 123 Å². The summed E-state index contributed by atoms with van der Waals surface area (Å²) in [6.45, 7) is 0.610. The van der Waals surface area contributed by atoms with E-state index in [0.717, 1.165) is 10.4 Å². The van der Waals surface area contributed by atoms with Crippen LogP contribution >= 0.6 is 11.3 Å². The molecular formula is C28H23N3O5S2. The maximum Gasteiger partial charge on any atom is 0.248 e. The number of pyridine rings is 1. The van der Waals surface area contributed by atoms with Crippen molar-refractivity contribution in [3.8, 4) is 0 Å². The van der Waals surface area contributed by atoms with E-state index in [-0.39, 0.29) is 29.5 Å². The number of nitrogens with one attached hydrogen (secondary N) is 1. The number of furan rings is 1. The topological polar surface area (TPSA) is 104 Å². The third-order valence-electron chi connectivity index (χ3n) is 6.66. The van der Waals surface area contributed by atoms with Crippen LogP contribution in [0, 0.1) is 0 Å². The fourth-order valence-electron chi connectivity index (χ4n) is 4.83. The number of hydrogen-bond donors (Lipinski definition) is 1. The van der Waals surface area contributed by atoms with Crippen LogP contribution in [-0.2, 0) is 34.5 Å². The first-order valence-corrected chi connectivity index (χ1v) is 14.3. The summed E-state index contributed by atoms with van der Waals surface area (Å²) in [4.78, 5) is 31.3. The van der Waals surface area contributed by atoms with Gasteiger partial charge in [0.1, 0.15) is 11.8 Å². The molecule has 38 heavy (non-hydrogen) atoms. The van der Waals surface area contributed by atoms with Gasteiger partial charge >= 0.3 is 0 Å². The molecule has 1 N–H and O–H groups in total. The lowest BCUT2D eigenvalue weighted by molar-refractivity contribution is -0.136. The molecule has 0 bridgehead atoms. The van der Waals surface area contributed by atoms with Gasteiger partial charge in [-0.25, -0.2) is 8.42 Å². The normalized spacial score (nSPS) is 15.5. The molecule has 0 saturated carbocycles. The summed E-state index contributed by atoms with van der Waals surface area (Å²) in [6, 6.07) is 21.2. The predicted molar refractivity (Wildman–Crippen MR) is 144 cm³/mol. The average Bonchev–Trinajstić information content (AvgIpc) is 3.69. The van der Waals surface area contributed by atoms with Crippen molar-refractivity contribution in [1.82, 2.24) is 14.2 Å². The Morgan fingerprint density at radius 1 is 1.03 bits per heavy atom. The molecule has 10 heteroatoms. The second-order valence-corrected chi connectivity index (χ2v) is 12.0. The van der Waals surface area contributed by atoms with Crippen LogP contribution < -0.4 is 5.56 Å². The van der Waals surface area contributed by atoms with Gasteiger partial charge in [0.15, 0.2) is 0 Å². The third-order valence-corrected chi connectivity index (χ3v) is 9.33. The Balaban J connectivity index is 1.41. The van der Waals surface area contributed by atoms with Gasteiger partial charge in [0.2, 0.25) is 21.5 Å². The zero-order valence-corrected chi connectivity index (χ0v) is 21.7. The minimum Gasteiger partial charge on any atom is -0.467 e. The minimum absolute atomic E-state index is 0.0542. The molecule has 0 aliphatic carbocycles. The van der Waals surface area contributed by atoms with Gasteiger partial charge in [-0.1, -0.05) is 30.3 Å². The van der Waals surface area contributed by atoms with Gasteiger partial charge in [-0.05, 0) is 64.4 Å². The number of thiophene rings is 1. The van der Waals surface area contributed by atoms with Crippen molar-refractivity contribution in [3.63, 3.8) is 0 Å². The summed E-state index contributed by atoms with van der Waals surface area (Å²) < 4.78 is 34.9. The van der Waals surface area contributed by atoms with Crippen LogP contribution in [0.5, 0.6) is 0 Å². The first kappa shape index (κ1) is 24.4. The molecule has 0 fully saturated rings. The molecule has 1 aliphatic rings. The average molecular weight is 546 g/mol. The SMILES string of the molecule is O=C(C1c2ccccc2CN1S(=O)(=O)c1ccc2[nH]c(=O)ccc2c1)N(Cc1ccco1)Cc1cccs1. The smallest absolute Gasteiger partial charge is 0.248 e. The van der Waals surface area contributed by atoms with E-state index in [9.17, 15) is 18.0 Å². The molecule has 4 heterocycles. The van der Waals surface area contributed by atoms with Crippen LogP contribution in [0.15, 0.2) is 105 Å². The Morgan fingerprint density at radius 2 is 1.89 bits per heavy atom. The van der Waals surface area contributed by atoms with Crippen LogP contribution in [0.2, 0.25) is 0 Å². The second kappa shape index (κ2) is 9.71. The standard InChI is InChI=1S/C28H23N3O5S2/c32-26-12-9-19-15-23(10-11-25(19)29-26)38(34,35)31-16-20-5-1-2-8-24(20)27(31)28(33)30(17-21-6-3-13-36-21)18-22-7-4-14-37-22/h1-15,27H,16-18H2,(H,29,32). The lowest BCUT2D eigenvalue weighted by atomic mass is 10.0. The quantitative estimate of drug-likeness (QED) is 0.321. The summed E-state index contributed by atoms with van der Waals surface area (Å²) in [5.41, 5.74) is 1.72. The summed E-state index contributed by atoms with van der Waals surface area (Å²) >= 11 is 1.53. The number of benzene rings is 2. The van der Waals surface area contributed by atoms with Crippen LogP contribution in [0.25, 0.3) is 10.9 Å². The van der Waals surface area contributed by atoms with E-state index in [4.69, 9.17) is 4.42 Å². The second-order valence-electron chi connectivity index (χ2n) is 9.08. The summed E-state index contributed by atoms with van der Waals surface area (Å²) in [6.07, 6.45) is 1.55. The maximum absolute atomic E-state index is 14.2. The molecule has 6 rings (SSSR count). The van der Waals surface area contributed by atoms with Crippen molar-refractivity contribution >= 4 is 38.2 Å². The first-order valence-electron chi connectivity index (χ1n) is 12.0. The number of fused-ring (bicyclic) bond motifs is 2. The number of aromatic nitrogens is 1. The lowest BCUT2D eigenvalue weighted by Crippen LogP contribution is -2.41. The molecule has 0 saturated heterocycles. The van der Waals surface area contributed by atoms with Gasteiger partial charge in [0, 0.05) is 23.0 Å². The van der Waals surface area contributed by atoms with Crippen molar-refractivity contribution in [1.29, 1.82) is 0 Å². The molecular weight excluding hydrogens is 522 g/mol. The van der Waals surface area contributed by atoms with Crippen molar-refractivity contribution in [2.45, 2.75) is 30.6 Å². The molecule has 3 aromatic heterocycles. The van der Waals surface area contributed by atoms with Crippen LogP contribution in [-0.4, -0.2) is 28.5 Å². The number of amides is 1. The molecule has 1 aliphatic heterocycles. The molecule has 1 amide bonds. The fourth-order valence-corrected chi connectivity index (χ4v) is 7.13. The summed E-state index contributed by atoms with van der Waals surface area (Å²) in [7, 11) is -4.09. The van der Waals surface area contributed by atoms with E-state index in [1.54, 1.807) is 35.4 Å². The number of sulfonamides is 1. The highest BCUT2D eigenvalue weighted by molar-refractivity contribution is 7.89. The number of rotatable bonds is 7. The van der Waals surface area contributed by atoms with Crippen molar-refractivity contribution in [2.75, 3.05) is 0 Å². The Kier molecular flexibility index (Phi) is 6.22. The highest BCUT2D eigenvalue weighted by Crippen LogP contribution is 2.40. The van der Waals surface area contributed by atoms with E-state index >= 15 is 0 Å². The van der Waals surface area contributed by atoms with Crippen LogP contribution in [0.1, 0.15) is 27.8 Å². The van der Waals surface area contributed by atoms with Crippen LogP contribution in [0.4, 0.5) is 0 Å². The third kappa shape index (κ3) is 4.47. The predicted octanol–water partition coefficient (Wildman–Crippen LogP) is 4.66. The molecule has 0 spiro atoms. The Bertz CT molecular complexity index is 1740. The number of carbonyl (C=O) groups is 1. The number of H-pyrrole nitrogens is 1. The van der Waals surface area contributed by atoms with Crippen molar-refractivity contribution < 1.29 is 17.6 Å².